The summed E-state index contributed by atoms with van der Waals surface area (Å²) in [4.78, 5) is 31.4. The summed E-state index contributed by atoms with van der Waals surface area (Å²) < 4.78 is 16.8. The maximum absolute atomic E-state index is 13.9. The molecule has 44 heavy (non-hydrogen) atoms. The number of urea groups is 1. The normalized spacial score (nSPS) is 23.2. The Morgan fingerprint density at radius 1 is 0.977 bits per heavy atom. The molecule has 2 aromatic carbocycles. The van der Waals surface area contributed by atoms with Crippen molar-refractivity contribution < 1.29 is 23.8 Å². The van der Waals surface area contributed by atoms with Crippen LogP contribution in [-0.2, 0) is 19.0 Å². The number of hydrogen-bond donors (Lipinski definition) is 2. The van der Waals surface area contributed by atoms with E-state index in [0.29, 0.717) is 31.9 Å². The monoisotopic (exact) mass is 604 g/mol. The molecule has 9 nitrogen and oxygen atoms in total. The average Bonchev–Trinajstić information content (AvgIpc) is 3.78. The lowest BCUT2D eigenvalue weighted by atomic mass is 9.93. The van der Waals surface area contributed by atoms with E-state index >= 15 is 0 Å². The zero-order valence-corrected chi connectivity index (χ0v) is 26.5. The number of rotatable bonds is 14. The Balaban J connectivity index is 1.23. The number of fused-ring (bicyclic) bond motifs is 1. The highest BCUT2D eigenvalue weighted by Crippen LogP contribution is 2.31. The summed E-state index contributed by atoms with van der Waals surface area (Å²) in [6.07, 6.45) is 7.94. The Hall–Kier alpha value is -3.24. The summed E-state index contributed by atoms with van der Waals surface area (Å²) in [6.45, 7) is 8.20. The number of amides is 3. The fourth-order valence-electron chi connectivity index (χ4n) is 6.22. The molecular formula is C35H48N4O5. The van der Waals surface area contributed by atoms with Crippen LogP contribution in [0.2, 0.25) is 0 Å². The minimum atomic E-state index is -0.330. The van der Waals surface area contributed by atoms with Gasteiger partial charge < -0.3 is 34.6 Å². The summed E-state index contributed by atoms with van der Waals surface area (Å²) >= 11 is 0. The minimum Gasteiger partial charge on any atom is -0.385 e. The van der Waals surface area contributed by atoms with E-state index in [2.05, 4.69) is 36.6 Å². The van der Waals surface area contributed by atoms with E-state index in [-0.39, 0.29) is 48.1 Å². The van der Waals surface area contributed by atoms with E-state index < -0.39 is 0 Å². The van der Waals surface area contributed by atoms with Crippen LogP contribution in [0.4, 0.5) is 10.5 Å². The van der Waals surface area contributed by atoms with Gasteiger partial charge in [0.1, 0.15) is 12.2 Å². The molecule has 5 rings (SSSR count). The topological polar surface area (TPSA) is 92.4 Å². The van der Waals surface area contributed by atoms with Gasteiger partial charge in [-0.05, 0) is 73.9 Å². The number of nitrogens with one attached hydrogen (secondary N) is 2. The van der Waals surface area contributed by atoms with Gasteiger partial charge in [0.05, 0.1) is 0 Å². The molecule has 0 aromatic heterocycles. The van der Waals surface area contributed by atoms with Gasteiger partial charge in [0, 0.05) is 77.0 Å². The lowest BCUT2D eigenvalue weighted by Crippen LogP contribution is -2.46. The fourth-order valence-corrected chi connectivity index (χ4v) is 6.22. The number of hydrogen-bond acceptors (Lipinski definition) is 6. The Labute approximate surface area is 261 Å². The van der Waals surface area contributed by atoms with E-state index in [9.17, 15) is 9.59 Å². The van der Waals surface area contributed by atoms with E-state index in [4.69, 9.17) is 14.2 Å². The van der Waals surface area contributed by atoms with Gasteiger partial charge in [0.2, 0.25) is 0 Å². The van der Waals surface area contributed by atoms with Crippen molar-refractivity contribution in [1.82, 2.24) is 15.1 Å². The first-order valence-corrected chi connectivity index (χ1v) is 16.0. The van der Waals surface area contributed by atoms with Crippen molar-refractivity contribution in [2.75, 3.05) is 58.9 Å². The van der Waals surface area contributed by atoms with Crippen LogP contribution in [0.5, 0.6) is 0 Å². The molecule has 0 spiro atoms. The Morgan fingerprint density at radius 3 is 2.43 bits per heavy atom. The summed E-state index contributed by atoms with van der Waals surface area (Å²) in [7, 11) is 3.33. The lowest BCUT2D eigenvalue weighted by molar-refractivity contribution is -0.129. The molecule has 3 aliphatic rings. The van der Waals surface area contributed by atoms with Crippen molar-refractivity contribution in [2.45, 2.75) is 57.4 Å². The molecule has 238 valence electrons. The van der Waals surface area contributed by atoms with Gasteiger partial charge in [-0.25, -0.2) is 4.79 Å². The average molecular weight is 605 g/mol. The predicted molar refractivity (Wildman–Crippen MR) is 174 cm³/mol. The molecule has 3 amide bonds. The third-order valence-corrected chi connectivity index (χ3v) is 8.93. The van der Waals surface area contributed by atoms with Crippen molar-refractivity contribution in [3.05, 3.63) is 66.3 Å². The molecule has 1 saturated carbocycles. The SMILES string of the molecule is COCCCOC1C=C(C(=O)N(CC2CNC[C@H]2CN(C(=O)Nc2ccc3ccccc3c2)C2CC2)C(C)C)C=CC1OC. The first-order valence-electron chi connectivity index (χ1n) is 16.0. The van der Waals surface area contributed by atoms with Gasteiger partial charge >= 0.3 is 6.03 Å². The number of methoxy groups -OCH3 is 2. The largest absolute Gasteiger partial charge is 0.385 e. The van der Waals surface area contributed by atoms with Crippen molar-refractivity contribution >= 4 is 28.4 Å². The molecule has 4 atom stereocenters. The summed E-state index contributed by atoms with van der Waals surface area (Å²) in [5.74, 6) is 0.477. The molecule has 2 aliphatic carbocycles. The zero-order valence-electron chi connectivity index (χ0n) is 26.5. The Kier molecular flexibility index (Phi) is 11.1. The van der Waals surface area contributed by atoms with Crippen molar-refractivity contribution in [1.29, 1.82) is 0 Å². The maximum Gasteiger partial charge on any atom is 0.322 e. The Morgan fingerprint density at radius 2 is 1.73 bits per heavy atom. The number of nitrogens with zero attached hydrogens (tertiary/aromatic N) is 2. The molecule has 2 N–H and O–H groups in total. The van der Waals surface area contributed by atoms with Crippen LogP contribution in [0.25, 0.3) is 10.8 Å². The number of anilines is 1. The van der Waals surface area contributed by atoms with E-state index in [1.807, 2.05) is 58.4 Å². The first kappa shape index (κ1) is 32.2. The molecule has 0 radical (unpaired) electrons. The van der Waals surface area contributed by atoms with Crippen LogP contribution >= 0.6 is 0 Å². The van der Waals surface area contributed by atoms with Crippen LogP contribution < -0.4 is 10.6 Å². The van der Waals surface area contributed by atoms with Gasteiger partial charge in [0.15, 0.2) is 0 Å². The van der Waals surface area contributed by atoms with Gasteiger partial charge in [-0.15, -0.1) is 0 Å². The van der Waals surface area contributed by atoms with E-state index in [1.54, 1.807) is 14.2 Å². The number of carbonyl (C=O) groups excluding carboxylic acids is 2. The third-order valence-electron chi connectivity index (χ3n) is 8.93. The molecule has 2 aromatic rings. The van der Waals surface area contributed by atoms with Crippen LogP contribution in [0.1, 0.15) is 33.1 Å². The smallest absolute Gasteiger partial charge is 0.322 e. The van der Waals surface area contributed by atoms with Crippen LogP contribution in [0.15, 0.2) is 66.3 Å². The Bertz CT molecular complexity index is 1340. The zero-order chi connectivity index (χ0) is 31.1. The highest BCUT2D eigenvalue weighted by atomic mass is 16.5. The fraction of sp³-hybridized carbons (Fsp3) is 0.543. The molecule has 0 bridgehead atoms. The summed E-state index contributed by atoms with van der Waals surface area (Å²) in [5.41, 5.74) is 1.43. The van der Waals surface area contributed by atoms with Gasteiger partial charge in [-0.2, -0.15) is 0 Å². The van der Waals surface area contributed by atoms with Gasteiger partial charge in [-0.3, -0.25) is 4.79 Å². The summed E-state index contributed by atoms with van der Waals surface area (Å²) in [5, 5.41) is 8.95. The summed E-state index contributed by atoms with van der Waals surface area (Å²) in [6, 6.07) is 14.5. The second-order valence-electron chi connectivity index (χ2n) is 12.5. The third kappa shape index (κ3) is 8.07. The second-order valence-corrected chi connectivity index (χ2v) is 12.5. The minimum absolute atomic E-state index is 0.00459. The van der Waals surface area contributed by atoms with E-state index in [1.165, 1.54) is 0 Å². The quantitative estimate of drug-likeness (QED) is 0.300. The van der Waals surface area contributed by atoms with Crippen molar-refractivity contribution in [3.63, 3.8) is 0 Å². The standard InChI is InChI=1S/C35H48N4O5/c1-24(2)38(34(40)27-11-15-32(43-4)33(19-27)44-17-7-16-42-3)22-28-20-36-21-29(28)23-39(31-13-14-31)35(41)37-30-12-10-25-8-5-6-9-26(25)18-30/h5-6,8-12,15,18-19,24,28-29,31-33,36H,7,13-14,16-17,20-23H2,1-4H3,(H,37,41)/t28?,29-,32?,33?/m0/s1. The second kappa shape index (κ2) is 15.2. The van der Waals surface area contributed by atoms with Crippen molar-refractivity contribution in [3.8, 4) is 0 Å². The first-order chi connectivity index (χ1) is 21.4. The van der Waals surface area contributed by atoms with Gasteiger partial charge in [0.25, 0.3) is 5.91 Å². The number of benzene rings is 2. The molecule has 9 heteroatoms. The maximum atomic E-state index is 13.9. The molecule has 2 fully saturated rings. The number of carbonyl (C=O) groups is 2. The van der Waals surface area contributed by atoms with Crippen LogP contribution in [-0.4, -0.2) is 99.6 Å². The highest BCUT2D eigenvalue weighted by molar-refractivity contribution is 5.97. The molecule has 1 aliphatic heterocycles. The number of ether oxygens (including phenoxy) is 3. The molecule has 1 saturated heterocycles. The molecular weight excluding hydrogens is 556 g/mol. The highest BCUT2D eigenvalue weighted by Gasteiger charge is 2.39. The predicted octanol–water partition coefficient (Wildman–Crippen LogP) is 4.84. The van der Waals surface area contributed by atoms with Crippen LogP contribution in [0.3, 0.4) is 0 Å². The van der Waals surface area contributed by atoms with E-state index in [0.717, 1.165) is 48.8 Å². The van der Waals surface area contributed by atoms with Gasteiger partial charge in [-0.1, -0.05) is 42.5 Å². The van der Waals surface area contributed by atoms with Crippen molar-refractivity contribution in [2.24, 2.45) is 11.8 Å². The van der Waals surface area contributed by atoms with Crippen LogP contribution in [0, 0.1) is 11.8 Å². The molecule has 3 unspecified atom stereocenters. The molecule has 1 heterocycles. The lowest BCUT2D eigenvalue weighted by Gasteiger charge is -2.34.